The standard InChI is InChI=1S/C20H23NO5S/c1-4-25-20(23)18-13-6-5-7-16(13)27-19(18)21-17(22)11-26-14-9-8-12(2)10-15(14)24-3/h8-10H,4-7,11H2,1-3H3,(H,21,22). The summed E-state index contributed by atoms with van der Waals surface area (Å²) in [5, 5.41) is 3.36. The highest BCUT2D eigenvalue weighted by atomic mass is 32.1. The second-order valence-electron chi connectivity index (χ2n) is 6.27. The van der Waals surface area contributed by atoms with Crippen LogP contribution < -0.4 is 14.8 Å². The third-order valence-corrected chi connectivity index (χ3v) is 5.54. The van der Waals surface area contributed by atoms with Crippen LogP contribution in [0.15, 0.2) is 18.2 Å². The van der Waals surface area contributed by atoms with E-state index >= 15 is 0 Å². The molecule has 144 valence electrons. The molecule has 27 heavy (non-hydrogen) atoms. The van der Waals surface area contributed by atoms with E-state index in [-0.39, 0.29) is 18.5 Å². The van der Waals surface area contributed by atoms with Crippen LogP contribution >= 0.6 is 11.3 Å². The van der Waals surface area contributed by atoms with Crippen LogP contribution in [-0.4, -0.2) is 32.2 Å². The Kier molecular flexibility index (Phi) is 6.01. The van der Waals surface area contributed by atoms with Gasteiger partial charge >= 0.3 is 5.97 Å². The highest BCUT2D eigenvalue weighted by molar-refractivity contribution is 7.17. The van der Waals surface area contributed by atoms with Crippen LogP contribution in [0.3, 0.4) is 0 Å². The summed E-state index contributed by atoms with van der Waals surface area (Å²) >= 11 is 1.45. The maximum atomic E-state index is 12.4. The number of carbonyl (C=O) groups excluding carboxylic acids is 2. The average Bonchev–Trinajstić information content (AvgIpc) is 3.21. The van der Waals surface area contributed by atoms with E-state index in [1.54, 1.807) is 20.1 Å². The second-order valence-corrected chi connectivity index (χ2v) is 7.38. The molecule has 0 bridgehead atoms. The number of esters is 1. The summed E-state index contributed by atoms with van der Waals surface area (Å²) in [7, 11) is 1.56. The van der Waals surface area contributed by atoms with E-state index in [0.717, 1.165) is 35.3 Å². The number of fused-ring (bicyclic) bond motifs is 1. The minimum absolute atomic E-state index is 0.176. The van der Waals surface area contributed by atoms with Crippen molar-refractivity contribution in [1.29, 1.82) is 0 Å². The Hall–Kier alpha value is -2.54. The number of thiophene rings is 1. The Bertz CT molecular complexity index is 858. The summed E-state index contributed by atoms with van der Waals surface area (Å²) in [6.07, 6.45) is 2.80. The summed E-state index contributed by atoms with van der Waals surface area (Å²) in [6, 6.07) is 5.50. The van der Waals surface area contributed by atoms with E-state index < -0.39 is 0 Å². The van der Waals surface area contributed by atoms with Gasteiger partial charge in [-0.2, -0.15) is 0 Å². The molecule has 2 aromatic rings. The third kappa shape index (κ3) is 4.24. The molecule has 0 fully saturated rings. The summed E-state index contributed by atoms with van der Waals surface area (Å²) in [5.74, 6) is 0.360. The number of aryl methyl sites for hydroxylation is 2. The van der Waals surface area contributed by atoms with Gasteiger partial charge in [0.1, 0.15) is 5.00 Å². The minimum Gasteiger partial charge on any atom is -0.493 e. The van der Waals surface area contributed by atoms with E-state index in [9.17, 15) is 9.59 Å². The first-order valence-corrected chi connectivity index (χ1v) is 9.74. The molecule has 0 atom stereocenters. The summed E-state index contributed by atoms with van der Waals surface area (Å²) in [4.78, 5) is 25.9. The first-order valence-electron chi connectivity index (χ1n) is 8.92. The lowest BCUT2D eigenvalue weighted by Crippen LogP contribution is -2.21. The second kappa shape index (κ2) is 8.43. The zero-order valence-electron chi connectivity index (χ0n) is 15.7. The van der Waals surface area contributed by atoms with Gasteiger partial charge in [0, 0.05) is 4.88 Å². The van der Waals surface area contributed by atoms with Gasteiger partial charge in [0.05, 0.1) is 19.3 Å². The van der Waals surface area contributed by atoms with Crippen LogP contribution in [0.5, 0.6) is 11.5 Å². The third-order valence-electron chi connectivity index (χ3n) is 4.33. The summed E-state index contributed by atoms with van der Waals surface area (Å²) < 4.78 is 16.0. The van der Waals surface area contributed by atoms with Crippen molar-refractivity contribution in [2.45, 2.75) is 33.1 Å². The maximum absolute atomic E-state index is 12.4. The summed E-state index contributed by atoms with van der Waals surface area (Å²) in [6.45, 7) is 3.84. The number of carbonyl (C=O) groups is 2. The number of amides is 1. The lowest BCUT2D eigenvalue weighted by Gasteiger charge is -2.12. The molecule has 1 heterocycles. The van der Waals surface area contributed by atoms with Gasteiger partial charge in [-0.3, -0.25) is 4.79 Å². The van der Waals surface area contributed by atoms with Crippen LogP contribution in [0.1, 0.15) is 39.7 Å². The zero-order chi connectivity index (χ0) is 19.4. The van der Waals surface area contributed by atoms with Gasteiger partial charge < -0.3 is 19.5 Å². The van der Waals surface area contributed by atoms with Crippen LogP contribution in [0.2, 0.25) is 0 Å². The molecule has 1 aliphatic carbocycles. The number of methoxy groups -OCH3 is 1. The molecule has 0 radical (unpaired) electrons. The molecule has 1 N–H and O–H groups in total. The largest absolute Gasteiger partial charge is 0.493 e. The quantitative estimate of drug-likeness (QED) is 0.730. The van der Waals surface area contributed by atoms with Crippen molar-refractivity contribution >= 4 is 28.2 Å². The van der Waals surface area contributed by atoms with Gasteiger partial charge in [0.15, 0.2) is 18.1 Å². The number of benzene rings is 1. The molecule has 1 aliphatic rings. The fraction of sp³-hybridized carbons (Fsp3) is 0.400. The molecular weight excluding hydrogens is 366 g/mol. The van der Waals surface area contributed by atoms with Crippen molar-refractivity contribution in [3.63, 3.8) is 0 Å². The van der Waals surface area contributed by atoms with Gasteiger partial charge in [-0.05, 0) is 56.4 Å². The molecule has 1 aromatic heterocycles. The lowest BCUT2D eigenvalue weighted by molar-refractivity contribution is -0.118. The number of rotatable bonds is 7. The molecule has 0 spiro atoms. The first kappa shape index (κ1) is 19.2. The van der Waals surface area contributed by atoms with Crippen LogP contribution in [-0.2, 0) is 22.4 Å². The molecule has 0 saturated carbocycles. The SMILES string of the molecule is CCOC(=O)c1c(NC(=O)COc2ccc(C)cc2OC)sc2c1CCC2. The smallest absolute Gasteiger partial charge is 0.341 e. The topological polar surface area (TPSA) is 73.9 Å². The molecule has 0 saturated heterocycles. The Balaban J connectivity index is 1.71. The average molecular weight is 389 g/mol. The van der Waals surface area contributed by atoms with Gasteiger partial charge in [0.25, 0.3) is 5.91 Å². The molecule has 0 unspecified atom stereocenters. The van der Waals surface area contributed by atoms with Crippen LogP contribution in [0, 0.1) is 6.92 Å². The van der Waals surface area contributed by atoms with Crippen molar-refractivity contribution in [2.24, 2.45) is 0 Å². The number of ether oxygens (including phenoxy) is 3. The molecule has 1 aromatic carbocycles. The molecule has 0 aliphatic heterocycles. The minimum atomic E-state index is -0.381. The zero-order valence-corrected chi connectivity index (χ0v) is 16.5. The number of hydrogen-bond acceptors (Lipinski definition) is 6. The monoisotopic (exact) mass is 389 g/mol. The lowest BCUT2D eigenvalue weighted by atomic mass is 10.1. The van der Waals surface area contributed by atoms with Crippen molar-refractivity contribution in [3.8, 4) is 11.5 Å². The Morgan fingerprint density at radius 3 is 2.78 bits per heavy atom. The Morgan fingerprint density at radius 2 is 2.04 bits per heavy atom. The predicted molar refractivity (Wildman–Crippen MR) is 104 cm³/mol. The van der Waals surface area contributed by atoms with E-state index in [4.69, 9.17) is 14.2 Å². The van der Waals surface area contributed by atoms with Crippen molar-refractivity contribution < 1.29 is 23.8 Å². The van der Waals surface area contributed by atoms with E-state index in [1.165, 1.54) is 11.3 Å². The number of anilines is 1. The van der Waals surface area contributed by atoms with Crippen LogP contribution in [0.4, 0.5) is 5.00 Å². The van der Waals surface area contributed by atoms with Crippen molar-refractivity contribution in [2.75, 3.05) is 25.6 Å². The predicted octanol–water partition coefficient (Wildman–Crippen LogP) is 3.75. The summed E-state index contributed by atoms with van der Waals surface area (Å²) in [5.41, 5.74) is 2.54. The van der Waals surface area contributed by atoms with E-state index in [1.807, 2.05) is 19.1 Å². The van der Waals surface area contributed by atoms with E-state index in [0.29, 0.717) is 28.7 Å². The van der Waals surface area contributed by atoms with Crippen molar-refractivity contribution in [3.05, 3.63) is 39.8 Å². The van der Waals surface area contributed by atoms with Crippen molar-refractivity contribution in [1.82, 2.24) is 0 Å². The van der Waals surface area contributed by atoms with E-state index in [2.05, 4.69) is 5.32 Å². The molecule has 3 rings (SSSR count). The maximum Gasteiger partial charge on any atom is 0.341 e. The van der Waals surface area contributed by atoms with Gasteiger partial charge in [-0.15, -0.1) is 11.3 Å². The normalized spacial score (nSPS) is 12.4. The molecule has 7 heteroatoms. The number of hydrogen-bond donors (Lipinski definition) is 1. The number of nitrogens with one attached hydrogen (secondary N) is 1. The van der Waals surface area contributed by atoms with Crippen LogP contribution in [0.25, 0.3) is 0 Å². The fourth-order valence-electron chi connectivity index (χ4n) is 3.11. The highest BCUT2D eigenvalue weighted by Gasteiger charge is 2.28. The Morgan fingerprint density at radius 1 is 1.22 bits per heavy atom. The molecule has 6 nitrogen and oxygen atoms in total. The van der Waals surface area contributed by atoms with Gasteiger partial charge in [-0.1, -0.05) is 6.07 Å². The fourth-order valence-corrected chi connectivity index (χ4v) is 4.41. The highest BCUT2D eigenvalue weighted by Crippen LogP contribution is 2.39. The molecule has 1 amide bonds. The molecular formula is C20H23NO5S. The first-order chi connectivity index (χ1) is 13.0. The van der Waals surface area contributed by atoms with Gasteiger partial charge in [0.2, 0.25) is 0 Å². The Labute approximate surface area is 162 Å². The van der Waals surface area contributed by atoms with Gasteiger partial charge in [-0.25, -0.2) is 4.79 Å².